The van der Waals surface area contributed by atoms with Gasteiger partial charge < -0.3 is 9.84 Å². The van der Waals surface area contributed by atoms with Crippen molar-refractivity contribution in [1.82, 2.24) is 0 Å². The lowest BCUT2D eigenvalue weighted by Gasteiger charge is -2.12. The second-order valence-electron chi connectivity index (χ2n) is 5.63. The molecule has 0 aliphatic rings. The fraction of sp³-hybridized carbons (Fsp3) is 0.167. The average Bonchev–Trinajstić information content (AvgIpc) is 2.62. The first kappa shape index (κ1) is 21.2. The van der Waals surface area contributed by atoms with Crippen LogP contribution in [0.4, 0.5) is 13.2 Å². The summed E-state index contributed by atoms with van der Waals surface area (Å²) in [7, 11) is 1.14. The van der Waals surface area contributed by atoms with Crippen molar-refractivity contribution in [2.45, 2.75) is 12.6 Å². The molecule has 28 heavy (non-hydrogen) atoms. The third kappa shape index (κ3) is 5.01. The standard InChI is InChI=1S/C18H13ClF3NO5/c1-28-17(25)12-3-2-11(16(24)8-12)7-14(23(26)27)6-10-4-5-13(19)9-15(10)18(20,21)22/h2-5,7-9,24H,6H2,1H3. The smallest absolute Gasteiger partial charge is 0.416 e. The number of hydrogen-bond acceptors (Lipinski definition) is 5. The van der Waals surface area contributed by atoms with Crippen LogP contribution in [0.15, 0.2) is 42.1 Å². The molecule has 0 amide bonds. The Kier molecular flexibility index (Phi) is 6.30. The Morgan fingerprint density at radius 1 is 1.29 bits per heavy atom. The van der Waals surface area contributed by atoms with Gasteiger partial charge in [-0.25, -0.2) is 4.79 Å². The molecule has 0 bridgehead atoms. The number of benzene rings is 2. The normalized spacial score (nSPS) is 12.0. The highest BCUT2D eigenvalue weighted by molar-refractivity contribution is 6.30. The lowest BCUT2D eigenvalue weighted by atomic mass is 10.0. The molecule has 2 rings (SSSR count). The Hall–Kier alpha value is -3.07. The molecule has 0 aliphatic carbocycles. The Morgan fingerprint density at radius 2 is 1.96 bits per heavy atom. The molecule has 2 aromatic rings. The predicted molar refractivity (Wildman–Crippen MR) is 94.6 cm³/mol. The van der Waals surface area contributed by atoms with E-state index < -0.39 is 40.5 Å². The zero-order valence-corrected chi connectivity index (χ0v) is 15.0. The number of nitrogens with zero attached hydrogens (tertiary/aromatic N) is 1. The number of alkyl halides is 3. The third-order valence-corrected chi connectivity index (χ3v) is 3.99. The fourth-order valence-corrected chi connectivity index (χ4v) is 2.59. The van der Waals surface area contributed by atoms with E-state index in [1.807, 2.05) is 0 Å². The topological polar surface area (TPSA) is 89.7 Å². The van der Waals surface area contributed by atoms with Gasteiger partial charge in [0.05, 0.1) is 29.6 Å². The van der Waals surface area contributed by atoms with E-state index in [9.17, 15) is 33.2 Å². The summed E-state index contributed by atoms with van der Waals surface area (Å²) in [6.45, 7) is 0. The van der Waals surface area contributed by atoms with Crippen LogP contribution in [0.3, 0.4) is 0 Å². The van der Waals surface area contributed by atoms with Gasteiger partial charge in [0.1, 0.15) is 5.75 Å². The first-order valence-corrected chi connectivity index (χ1v) is 8.02. The molecular weight excluding hydrogens is 403 g/mol. The number of phenols is 1. The number of rotatable bonds is 5. The molecule has 0 radical (unpaired) electrons. The van der Waals surface area contributed by atoms with Crippen LogP contribution in [-0.4, -0.2) is 23.1 Å². The summed E-state index contributed by atoms with van der Waals surface area (Å²) >= 11 is 5.61. The molecule has 2 aromatic carbocycles. The van der Waals surface area contributed by atoms with Crippen molar-refractivity contribution in [3.63, 3.8) is 0 Å². The molecule has 0 spiro atoms. The Labute approximate surface area is 162 Å². The summed E-state index contributed by atoms with van der Waals surface area (Å²) in [5.74, 6) is -1.19. The van der Waals surface area contributed by atoms with Crippen molar-refractivity contribution in [2.24, 2.45) is 0 Å². The Bertz CT molecular complexity index is 957. The SMILES string of the molecule is COC(=O)c1ccc(C=C(Cc2ccc(Cl)cc2C(F)(F)F)[N+](=O)[O-])c(O)c1. The van der Waals surface area contributed by atoms with Gasteiger partial charge in [-0.15, -0.1) is 0 Å². The van der Waals surface area contributed by atoms with Crippen molar-refractivity contribution < 1.29 is 32.7 Å². The average molecular weight is 416 g/mol. The summed E-state index contributed by atoms with van der Waals surface area (Å²) in [5, 5.41) is 21.2. The van der Waals surface area contributed by atoms with E-state index in [0.29, 0.717) is 6.07 Å². The van der Waals surface area contributed by atoms with E-state index in [4.69, 9.17) is 11.6 Å². The maximum absolute atomic E-state index is 13.2. The van der Waals surface area contributed by atoms with Gasteiger partial charge in [-0.3, -0.25) is 10.1 Å². The molecule has 10 heteroatoms. The highest BCUT2D eigenvalue weighted by atomic mass is 35.5. The van der Waals surface area contributed by atoms with Crippen molar-refractivity contribution in [2.75, 3.05) is 7.11 Å². The molecule has 6 nitrogen and oxygen atoms in total. The molecule has 0 aromatic heterocycles. The largest absolute Gasteiger partial charge is 0.507 e. The molecular formula is C18H13ClF3NO5. The summed E-state index contributed by atoms with van der Waals surface area (Å²) < 4.78 is 44.1. The molecule has 0 atom stereocenters. The number of ether oxygens (including phenoxy) is 1. The number of methoxy groups -OCH3 is 1. The maximum Gasteiger partial charge on any atom is 0.416 e. The Morgan fingerprint density at radius 3 is 2.50 bits per heavy atom. The molecule has 0 fully saturated rings. The highest BCUT2D eigenvalue weighted by Gasteiger charge is 2.34. The number of nitro groups is 1. The summed E-state index contributed by atoms with van der Waals surface area (Å²) in [6.07, 6.45) is -4.46. The minimum absolute atomic E-state index is 0.0110. The van der Waals surface area contributed by atoms with Crippen molar-refractivity contribution in [1.29, 1.82) is 0 Å². The van der Waals surface area contributed by atoms with Gasteiger partial charge >= 0.3 is 12.1 Å². The van der Waals surface area contributed by atoms with E-state index in [-0.39, 0.29) is 21.7 Å². The van der Waals surface area contributed by atoms with Crippen LogP contribution >= 0.6 is 11.6 Å². The predicted octanol–water partition coefficient (Wildman–Crippen LogP) is 4.71. The minimum Gasteiger partial charge on any atom is -0.507 e. The zero-order valence-electron chi connectivity index (χ0n) is 14.3. The lowest BCUT2D eigenvalue weighted by molar-refractivity contribution is -0.425. The molecule has 148 valence electrons. The molecule has 1 N–H and O–H groups in total. The van der Waals surface area contributed by atoms with E-state index in [2.05, 4.69) is 4.74 Å². The first-order chi connectivity index (χ1) is 13.0. The van der Waals surface area contributed by atoms with Crippen LogP contribution in [0.2, 0.25) is 5.02 Å². The second kappa shape index (κ2) is 8.30. The van der Waals surface area contributed by atoms with Crippen LogP contribution < -0.4 is 0 Å². The monoisotopic (exact) mass is 415 g/mol. The number of allylic oxidation sites excluding steroid dienone is 1. The van der Waals surface area contributed by atoms with E-state index in [1.165, 1.54) is 18.2 Å². The maximum atomic E-state index is 13.2. The van der Waals surface area contributed by atoms with Crippen LogP contribution in [0.25, 0.3) is 6.08 Å². The number of hydrogen-bond donors (Lipinski definition) is 1. The van der Waals surface area contributed by atoms with E-state index in [1.54, 1.807) is 0 Å². The summed E-state index contributed by atoms with van der Waals surface area (Å²) in [6, 6.07) is 6.47. The van der Waals surface area contributed by atoms with Gasteiger partial charge in [-0.2, -0.15) is 13.2 Å². The van der Waals surface area contributed by atoms with Crippen LogP contribution in [0.5, 0.6) is 5.75 Å². The van der Waals surface area contributed by atoms with Gasteiger partial charge in [-0.1, -0.05) is 23.7 Å². The number of esters is 1. The van der Waals surface area contributed by atoms with Gasteiger partial charge in [-0.05, 0) is 29.8 Å². The van der Waals surface area contributed by atoms with Crippen molar-refractivity contribution in [3.05, 3.63) is 79.5 Å². The molecule has 0 saturated carbocycles. The fourth-order valence-electron chi connectivity index (χ4n) is 2.42. The lowest BCUT2D eigenvalue weighted by Crippen LogP contribution is -2.12. The third-order valence-electron chi connectivity index (χ3n) is 3.76. The van der Waals surface area contributed by atoms with Crippen LogP contribution in [-0.2, 0) is 17.3 Å². The summed E-state index contributed by atoms with van der Waals surface area (Å²) in [4.78, 5) is 21.9. The molecule has 0 saturated heterocycles. The van der Waals surface area contributed by atoms with Gasteiger partial charge in [0.2, 0.25) is 0 Å². The van der Waals surface area contributed by atoms with Crippen LogP contribution in [0, 0.1) is 10.1 Å². The van der Waals surface area contributed by atoms with Gasteiger partial charge in [0.25, 0.3) is 5.70 Å². The number of carbonyl (C=O) groups is 1. The highest BCUT2D eigenvalue weighted by Crippen LogP contribution is 2.35. The molecule has 0 heterocycles. The van der Waals surface area contributed by atoms with Crippen molar-refractivity contribution in [3.8, 4) is 5.75 Å². The van der Waals surface area contributed by atoms with Crippen LogP contribution in [0.1, 0.15) is 27.0 Å². The van der Waals surface area contributed by atoms with E-state index >= 15 is 0 Å². The summed E-state index contributed by atoms with van der Waals surface area (Å²) in [5.41, 5.74) is -2.05. The number of aromatic hydroxyl groups is 1. The number of halogens is 4. The number of carbonyl (C=O) groups excluding carboxylic acids is 1. The van der Waals surface area contributed by atoms with Gasteiger partial charge in [0, 0.05) is 16.7 Å². The molecule has 0 aliphatic heterocycles. The number of phenolic OH excluding ortho intramolecular Hbond substituents is 1. The van der Waals surface area contributed by atoms with Gasteiger partial charge in [0.15, 0.2) is 0 Å². The Balaban J connectivity index is 2.46. The van der Waals surface area contributed by atoms with E-state index in [0.717, 1.165) is 25.3 Å². The minimum atomic E-state index is -4.74. The second-order valence-corrected chi connectivity index (χ2v) is 6.07. The first-order valence-electron chi connectivity index (χ1n) is 7.65. The quantitative estimate of drug-likeness (QED) is 0.434. The van der Waals surface area contributed by atoms with Crippen molar-refractivity contribution >= 4 is 23.6 Å². The molecule has 0 unspecified atom stereocenters. The zero-order chi connectivity index (χ0) is 21.1.